The molecule has 1 atom stereocenters. The SMILES string of the molecule is O=C(c1ccc(Cn2ccnc2)cc1)N1CCCC(COCc2ccccc2)C1. The van der Waals surface area contributed by atoms with Crippen LogP contribution in [0.5, 0.6) is 0 Å². The third-order valence-corrected chi connectivity index (χ3v) is 5.40. The molecule has 5 nitrogen and oxygen atoms in total. The van der Waals surface area contributed by atoms with E-state index >= 15 is 0 Å². The first-order valence-electron chi connectivity index (χ1n) is 10.2. The van der Waals surface area contributed by atoms with Crippen LogP contribution in [0.4, 0.5) is 0 Å². The minimum atomic E-state index is 0.118. The van der Waals surface area contributed by atoms with Crippen molar-refractivity contribution in [3.63, 3.8) is 0 Å². The molecular weight excluding hydrogens is 362 g/mol. The number of aromatic nitrogens is 2. The van der Waals surface area contributed by atoms with Gasteiger partial charge in [-0.15, -0.1) is 0 Å². The number of rotatable bonds is 7. The van der Waals surface area contributed by atoms with Gasteiger partial charge in [0.25, 0.3) is 5.91 Å². The Morgan fingerprint density at radius 3 is 2.66 bits per heavy atom. The third-order valence-electron chi connectivity index (χ3n) is 5.40. The molecule has 1 unspecified atom stereocenters. The summed E-state index contributed by atoms with van der Waals surface area (Å²) in [6.07, 6.45) is 7.65. The molecule has 2 aromatic carbocycles. The monoisotopic (exact) mass is 389 g/mol. The van der Waals surface area contributed by atoms with E-state index in [1.807, 2.05) is 58.1 Å². The number of carbonyl (C=O) groups excluding carboxylic acids is 1. The van der Waals surface area contributed by atoms with Gasteiger partial charge in [-0.3, -0.25) is 4.79 Å². The molecule has 0 saturated carbocycles. The zero-order valence-electron chi connectivity index (χ0n) is 16.6. The van der Waals surface area contributed by atoms with Gasteiger partial charge >= 0.3 is 0 Å². The molecule has 2 heterocycles. The summed E-state index contributed by atoms with van der Waals surface area (Å²) in [5.41, 5.74) is 3.10. The summed E-state index contributed by atoms with van der Waals surface area (Å²) >= 11 is 0. The van der Waals surface area contributed by atoms with Crippen molar-refractivity contribution in [1.82, 2.24) is 14.5 Å². The molecular formula is C24H27N3O2. The van der Waals surface area contributed by atoms with Crippen LogP contribution in [0.1, 0.15) is 34.3 Å². The van der Waals surface area contributed by atoms with Crippen LogP contribution in [0, 0.1) is 5.92 Å². The summed E-state index contributed by atoms with van der Waals surface area (Å²) in [6, 6.07) is 18.1. The first-order valence-corrected chi connectivity index (χ1v) is 10.2. The van der Waals surface area contributed by atoms with Crippen molar-refractivity contribution < 1.29 is 9.53 Å². The van der Waals surface area contributed by atoms with Gasteiger partial charge < -0.3 is 14.2 Å². The first-order chi connectivity index (χ1) is 14.3. The Morgan fingerprint density at radius 2 is 1.90 bits per heavy atom. The number of likely N-dealkylation sites (tertiary alicyclic amines) is 1. The number of piperidine rings is 1. The van der Waals surface area contributed by atoms with Crippen molar-refractivity contribution in [1.29, 1.82) is 0 Å². The fourth-order valence-electron chi connectivity index (χ4n) is 3.83. The topological polar surface area (TPSA) is 47.4 Å². The highest BCUT2D eigenvalue weighted by Crippen LogP contribution is 2.20. The molecule has 0 aliphatic carbocycles. The highest BCUT2D eigenvalue weighted by atomic mass is 16.5. The fraction of sp³-hybridized carbons (Fsp3) is 0.333. The van der Waals surface area contributed by atoms with E-state index < -0.39 is 0 Å². The largest absolute Gasteiger partial charge is 0.376 e. The van der Waals surface area contributed by atoms with Gasteiger partial charge in [-0.2, -0.15) is 0 Å². The number of amides is 1. The van der Waals surface area contributed by atoms with E-state index in [2.05, 4.69) is 17.1 Å². The lowest BCUT2D eigenvalue weighted by atomic mass is 9.98. The lowest BCUT2D eigenvalue weighted by molar-refractivity contribution is 0.0425. The number of imidazole rings is 1. The predicted octanol–water partition coefficient (Wildman–Crippen LogP) is 4.00. The Hall–Kier alpha value is -2.92. The van der Waals surface area contributed by atoms with Crippen molar-refractivity contribution >= 4 is 5.91 Å². The van der Waals surface area contributed by atoms with E-state index in [1.54, 1.807) is 12.5 Å². The van der Waals surface area contributed by atoms with E-state index in [0.717, 1.165) is 43.6 Å². The summed E-state index contributed by atoms with van der Waals surface area (Å²) in [5.74, 6) is 0.517. The maximum atomic E-state index is 12.9. The Labute approximate surface area is 171 Å². The van der Waals surface area contributed by atoms with E-state index in [4.69, 9.17) is 4.74 Å². The number of hydrogen-bond acceptors (Lipinski definition) is 3. The molecule has 29 heavy (non-hydrogen) atoms. The number of hydrogen-bond donors (Lipinski definition) is 0. The summed E-state index contributed by atoms with van der Waals surface area (Å²) < 4.78 is 7.93. The molecule has 0 spiro atoms. The van der Waals surface area contributed by atoms with Gasteiger partial charge in [0.15, 0.2) is 0 Å². The van der Waals surface area contributed by atoms with Gasteiger partial charge in [0.1, 0.15) is 0 Å². The van der Waals surface area contributed by atoms with E-state index in [0.29, 0.717) is 19.1 Å². The first kappa shape index (κ1) is 19.4. The van der Waals surface area contributed by atoms with Gasteiger partial charge in [-0.1, -0.05) is 42.5 Å². The van der Waals surface area contributed by atoms with Crippen LogP contribution < -0.4 is 0 Å². The van der Waals surface area contributed by atoms with Crippen LogP contribution in [-0.4, -0.2) is 40.1 Å². The van der Waals surface area contributed by atoms with Crippen LogP contribution in [0.3, 0.4) is 0 Å². The second kappa shape index (κ2) is 9.52. The average Bonchev–Trinajstić information content (AvgIpc) is 3.28. The number of ether oxygens (including phenoxy) is 1. The number of nitrogens with zero attached hydrogens (tertiary/aromatic N) is 3. The normalized spacial score (nSPS) is 16.7. The molecule has 150 valence electrons. The van der Waals surface area contributed by atoms with Gasteiger partial charge in [0.05, 0.1) is 19.5 Å². The van der Waals surface area contributed by atoms with Crippen LogP contribution >= 0.6 is 0 Å². The van der Waals surface area contributed by atoms with Crippen molar-refractivity contribution in [3.05, 3.63) is 90.0 Å². The molecule has 1 saturated heterocycles. The maximum absolute atomic E-state index is 12.9. The molecule has 0 N–H and O–H groups in total. The quantitative estimate of drug-likeness (QED) is 0.614. The van der Waals surface area contributed by atoms with Crippen LogP contribution in [-0.2, 0) is 17.9 Å². The molecule has 0 bridgehead atoms. The molecule has 1 aliphatic heterocycles. The van der Waals surface area contributed by atoms with Crippen molar-refractivity contribution in [2.75, 3.05) is 19.7 Å². The van der Waals surface area contributed by atoms with Crippen molar-refractivity contribution in [3.8, 4) is 0 Å². The minimum Gasteiger partial charge on any atom is -0.376 e. The van der Waals surface area contributed by atoms with Crippen LogP contribution in [0.25, 0.3) is 0 Å². The predicted molar refractivity (Wildman–Crippen MR) is 112 cm³/mol. The molecule has 4 rings (SSSR count). The maximum Gasteiger partial charge on any atom is 0.253 e. The second-order valence-corrected chi connectivity index (χ2v) is 7.69. The Bertz CT molecular complexity index is 892. The second-order valence-electron chi connectivity index (χ2n) is 7.69. The Balaban J connectivity index is 1.28. The molecule has 1 fully saturated rings. The van der Waals surface area contributed by atoms with Crippen molar-refractivity contribution in [2.24, 2.45) is 5.92 Å². The van der Waals surface area contributed by atoms with Gasteiger partial charge in [0, 0.05) is 37.6 Å². The molecule has 3 aromatic rings. The summed E-state index contributed by atoms with van der Waals surface area (Å²) in [5, 5.41) is 0. The van der Waals surface area contributed by atoms with Crippen LogP contribution in [0.2, 0.25) is 0 Å². The highest BCUT2D eigenvalue weighted by molar-refractivity contribution is 5.94. The number of carbonyl (C=O) groups is 1. The van der Waals surface area contributed by atoms with E-state index in [-0.39, 0.29) is 5.91 Å². The molecule has 5 heteroatoms. The Kier molecular flexibility index (Phi) is 6.37. The smallest absolute Gasteiger partial charge is 0.253 e. The zero-order chi connectivity index (χ0) is 19.9. The fourth-order valence-corrected chi connectivity index (χ4v) is 3.83. The van der Waals surface area contributed by atoms with Crippen molar-refractivity contribution in [2.45, 2.75) is 26.0 Å². The minimum absolute atomic E-state index is 0.118. The lowest BCUT2D eigenvalue weighted by Gasteiger charge is -2.32. The average molecular weight is 389 g/mol. The van der Waals surface area contributed by atoms with Gasteiger partial charge in [-0.25, -0.2) is 4.98 Å². The zero-order valence-corrected chi connectivity index (χ0v) is 16.6. The summed E-state index contributed by atoms with van der Waals surface area (Å²) in [6.45, 7) is 3.68. The van der Waals surface area contributed by atoms with E-state index in [1.165, 1.54) is 5.56 Å². The van der Waals surface area contributed by atoms with E-state index in [9.17, 15) is 4.79 Å². The summed E-state index contributed by atoms with van der Waals surface area (Å²) in [4.78, 5) is 19.0. The van der Waals surface area contributed by atoms with Gasteiger partial charge in [0.2, 0.25) is 0 Å². The standard InChI is InChI=1S/C24H27N3O2/c28-24(23-10-8-20(9-11-23)15-26-14-12-25-19-26)27-13-4-7-22(16-27)18-29-17-21-5-2-1-3-6-21/h1-3,5-6,8-12,14,19,22H,4,7,13,15-18H2. The summed E-state index contributed by atoms with van der Waals surface area (Å²) in [7, 11) is 0. The Morgan fingerprint density at radius 1 is 1.07 bits per heavy atom. The molecule has 1 amide bonds. The van der Waals surface area contributed by atoms with Crippen LogP contribution in [0.15, 0.2) is 73.3 Å². The third kappa shape index (κ3) is 5.33. The lowest BCUT2D eigenvalue weighted by Crippen LogP contribution is -2.41. The highest BCUT2D eigenvalue weighted by Gasteiger charge is 2.24. The van der Waals surface area contributed by atoms with Gasteiger partial charge in [-0.05, 0) is 42.0 Å². The molecule has 1 aliphatic rings. The number of benzene rings is 2. The molecule has 0 radical (unpaired) electrons. The molecule has 1 aromatic heterocycles.